The van der Waals surface area contributed by atoms with Gasteiger partial charge < -0.3 is 10.1 Å². The van der Waals surface area contributed by atoms with Crippen molar-refractivity contribution in [3.8, 4) is 0 Å². The fourth-order valence-corrected chi connectivity index (χ4v) is 3.00. The molecule has 0 heterocycles. The maximum Gasteiger partial charge on any atom is 0.311 e. The molecule has 2 aromatic carbocycles. The molecule has 0 spiro atoms. The van der Waals surface area contributed by atoms with Crippen LogP contribution in [0.4, 0.5) is 10.1 Å². The van der Waals surface area contributed by atoms with Crippen LogP contribution in [0.25, 0.3) is 0 Å². The summed E-state index contributed by atoms with van der Waals surface area (Å²) in [5, 5.41) is 2.53. The van der Waals surface area contributed by atoms with Crippen molar-refractivity contribution in [2.75, 3.05) is 5.32 Å². The summed E-state index contributed by atoms with van der Waals surface area (Å²) < 4.78 is 18.3. The number of ether oxygens (including phenoxy) is 1. The number of hydrogen-bond acceptors (Lipinski definition) is 3. The van der Waals surface area contributed by atoms with Gasteiger partial charge in [-0.15, -0.1) is 0 Å². The van der Waals surface area contributed by atoms with E-state index in [1.54, 1.807) is 6.07 Å². The van der Waals surface area contributed by atoms with Crippen LogP contribution in [0.15, 0.2) is 42.5 Å². The fourth-order valence-electron chi connectivity index (χ4n) is 3.00. The molecule has 0 radical (unpaired) electrons. The van der Waals surface area contributed by atoms with Crippen LogP contribution in [-0.2, 0) is 33.6 Å². The predicted molar refractivity (Wildman–Crippen MR) is 92.8 cm³/mol. The molecule has 0 aliphatic heterocycles. The highest BCUT2D eigenvalue weighted by atomic mass is 19.1. The second-order valence-corrected chi connectivity index (χ2v) is 6.27. The van der Waals surface area contributed by atoms with Gasteiger partial charge in [0.15, 0.2) is 6.10 Å². The zero-order valence-electron chi connectivity index (χ0n) is 14.0. The Morgan fingerprint density at radius 1 is 1.16 bits per heavy atom. The van der Waals surface area contributed by atoms with E-state index >= 15 is 0 Å². The maximum atomic E-state index is 13.1. The average molecular weight is 341 g/mol. The summed E-state index contributed by atoms with van der Waals surface area (Å²) >= 11 is 0. The molecule has 1 N–H and O–H groups in total. The zero-order valence-corrected chi connectivity index (χ0v) is 14.0. The molecule has 1 aliphatic carbocycles. The van der Waals surface area contributed by atoms with Gasteiger partial charge in [-0.05, 0) is 61.1 Å². The number of nitrogens with one attached hydrogen (secondary N) is 1. The maximum absolute atomic E-state index is 13.1. The molecular weight excluding hydrogens is 321 g/mol. The normalized spacial score (nSPS) is 13.8. The Bertz CT molecular complexity index is 803. The minimum atomic E-state index is -0.954. The molecule has 0 bridgehead atoms. The number of esters is 1. The first kappa shape index (κ1) is 17.1. The quantitative estimate of drug-likeness (QED) is 0.848. The third kappa shape index (κ3) is 4.44. The Morgan fingerprint density at radius 3 is 2.76 bits per heavy atom. The number of hydrogen-bond donors (Lipinski definition) is 1. The molecule has 1 atom stereocenters. The Hall–Kier alpha value is -2.69. The highest BCUT2D eigenvalue weighted by Crippen LogP contribution is 2.23. The number of rotatable bonds is 5. The van der Waals surface area contributed by atoms with Gasteiger partial charge in [-0.2, -0.15) is 0 Å². The lowest BCUT2D eigenvalue weighted by Gasteiger charge is -2.14. The Balaban J connectivity index is 1.54. The topological polar surface area (TPSA) is 55.4 Å². The summed E-state index contributed by atoms with van der Waals surface area (Å²) in [4.78, 5) is 24.1. The van der Waals surface area contributed by atoms with E-state index in [-0.39, 0.29) is 6.42 Å². The van der Waals surface area contributed by atoms with Crippen LogP contribution in [0.5, 0.6) is 0 Å². The first-order valence-corrected chi connectivity index (χ1v) is 8.38. The lowest BCUT2D eigenvalue weighted by Crippen LogP contribution is -2.30. The van der Waals surface area contributed by atoms with Crippen LogP contribution in [0.1, 0.15) is 30.0 Å². The molecule has 0 saturated carbocycles. The molecule has 4 nitrogen and oxygen atoms in total. The van der Waals surface area contributed by atoms with Crippen molar-refractivity contribution in [3.63, 3.8) is 0 Å². The number of amides is 1. The summed E-state index contributed by atoms with van der Waals surface area (Å²) in [5.41, 5.74) is 3.86. The van der Waals surface area contributed by atoms with Gasteiger partial charge in [0.25, 0.3) is 5.91 Å². The van der Waals surface area contributed by atoms with Crippen molar-refractivity contribution >= 4 is 17.6 Å². The first-order valence-electron chi connectivity index (χ1n) is 8.38. The number of anilines is 1. The van der Waals surface area contributed by atoms with Crippen LogP contribution in [-0.4, -0.2) is 18.0 Å². The van der Waals surface area contributed by atoms with Crippen molar-refractivity contribution in [1.29, 1.82) is 0 Å². The van der Waals surface area contributed by atoms with Crippen molar-refractivity contribution in [3.05, 3.63) is 65.0 Å². The van der Waals surface area contributed by atoms with E-state index in [0.717, 1.165) is 24.8 Å². The highest BCUT2D eigenvalue weighted by Gasteiger charge is 2.19. The van der Waals surface area contributed by atoms with Gasteiger partial charge in [0, 0.05) is 5.69 Å². The molecule has 3 rings (SSSR count). The van der Waals surface area contributed by atoms with Crippen molar-refractivity contribution in [2.24, 2.45) is 0 Å². The van der Waals surface area contributed by atoms with Crippen LogP contribution < -0.4 is 5.32 Å². The third-order valence-electron chi connectivity index (χ3n) is 4.28. The second kappa shape index (κ2) is 7.47. The van der Waals surface area contributed by atoms with E-state index in [1.807, 2.05) is 12.1 Å². The largest absolute Gasteiger partial charge is 0.452 e. The van der Waals surface area contributed by atoms with Crippen LogP contribution in [0.3, 0.4) is 0 Å². The molecule has 25 heavy (non-hydrogen) atoms. The van der Waals surface area contributed by atoms with Gasteiger partial charge in [-0.1, -0.05) is 24.3 Å². The summed E-state index contributed by atoms with van der Waals surface area (Å²) in [5.74, 6) is -1.40. The molecule has 2 aromatic rings. The van der Waals surface area contributed by atoms with E-state index in [4.69, 9.17) is 4.74 Å². The average Bonchev–Trinajstić information content (AvgIpc) is 3.02. The molecule has 0 saturated heterocycles. The SMILES string of the molecule is C[C@H](OC(=O)Cc1ccc2c(c1)CCC2)C(=O)Nc1cccc(F)c1. The predicted octanol–water partition coefficient (Wildman–Crippen LogP) is 3.43. The number of carbonyl (C=O) groups excluding carboxylic acids is 2. The Labute approximate surface area is 146 Å². The van der Waals surface area contributed by atoms with Gasteiger partial charge in [0.1, 0.15) is 5.82 Å². The monoisotopic (exact) mass is 341 g/mol. The number of carbonyl (C=O) groups is 2. The molecular formula is C20H20FNO3. The standard InChI is InChI=1S/C20H20FNO3/c1-13(20(24)22-18-7-3-6-17(21)12-18)25-19(23)11-14-8-9-15-4-2-5-16(15)10-14/h3,6-10,12-13H,2,4-5,11H2,1H3,(H,22,24)/t13-/m0/s1. The van der Waals surface area contributed by atoms with Crippen LogP contribution in [0, 0.1) is 5.82 Å². The second-order valence-electron chi connectivity index (χ2n) is 6.27. The summed E-state index contributed by atoms with van der Waals surface area (Å²) in [6.45, 7) is 1.50. The molecule has 0 unspecified atom stereocenters. The van der Waals surface area contributed by atoms with E-state index < -0.39 is 23.8 Å². The van der Waals surface area contributed by atoms with E-state index in [2.05, 4.69) is 11.4 Å². The fraction of sp³-hybridized carbons (Fsp3) is 0.300. The van der Waals surface area contributed by atoms with Gasteiger partial charge in [-0.25, -0.2) is 4.39 Å². The number of fused-ring (bicyclic) bond motifs is 1. The summed E-state index contributed by atoms with van der Waals surface area (Å²) in [6, 6.07) is 11.6. The minimum Gasteiger partial charge on any atom is -0.452 e. The third-order valence-corrected chi connectivity index (χ3v) is 4.28. The van der Waals surface area contributed by atoms with Gasteiger partial charge in [0.05, 0.1) is 6.42 Å². The molecule has 0 aromatic heterocycles. The van der Waals surface area contributed by atoms with Crippen molar-refractivity contribution in [2.45, 2.75) is 38.7 Å². The number of benzene rings is 2. The van der Waals surface area contributed by atoms with Gasteiger partial charge >= 0.3 is 5.97 Å². The highest BCUT2D eigenvalue weighted by molar-refractivity contribution is 5.95. The van der Waals surface area contributed by atoms with Crippen molar-refractivity contribution < 1.29 is 18.7 Å². The number of aryl methyl sites for hydroxylation is 2. The van der Waals surface area contributed by atoms with Crippen LogP contribution in [0.2, 0.25) is 0 Å². The summed E-state index contributed by atoms with van der Waals surface area (Å²) in [6.07, 6.45) is 2.47. The molecule has 5 heteroatoms. The summed E-state index contributed by atoms with van der Waals surface area (Å²) in [7, 11) is 0. The molecule has 130 valence electrons. The number of halogens is 1. The first-order chi connectivity index (χ1) is 12.0. The lowest BCUT2D eigenvalue weighted by molar-refractivity contribution is -0.152. The lowest BCUT2D eigenvalue weighted by atomic mass is 10.0. The molecule has 1 aliphatic rings. The molecule has 1 amide bonds. The van der Waals surface area contributed by atoms with E-state index in [0.29, 0.717) is 5.69 Å². The Morgan fingerprint density at radius 2 is 1.96 bits per heavy atom. The van der Waals surface area contributed by atoms with Crippen LogP contribution >= 0.6 is 0 Å². The molecule has 0 fully saturated rings. The van der Waals surface area contributed by atoms with E-state index in [1.165, 1.54) is 36.2 Å². The van der Waals surface area contributed by atoms with Crippen molar-refractivity contribution in [1.82, 2.24) is 0 Å². The van der Waals surface area contributed by atoms with E-state index in [9.17, 15) is 14.0 Å². The Kier molecular flexibility index (Phi) is 5.12. The smallest absolute Gasteiger partial charge is 0.311 e. The zero-order chi connectivity index (χ0) is 17.8. The van der Waals surface area contributed by atoms with Gasteiger partial charge in [-0.3, -0.25) is 9.59 Å². The minimum absolute atomic E-state index is 0.130. The van der Waals surface area contributed by atoms with Gasteiger partial charge in [0.2, 0.25) is 0 Å².